The molecule has 0 saturated heterocycles. The van der Waals surface area contributed by atoms with E-state index in [1.54, 1.807) is 25.7 Å². The molecule has 3 fully saturated rings. The van der Waals surface area contributed by atoms with Crippen LogP contribution < -0.4 is 0 Å². The van der Waals surface area contributed by atoms with E-state index in [-0.39, 0.29) is 0 Å². The van der Waals surface area contributed by atoms with E-state index >= 15 is 0 Å². The predicted octanol–water partition coefficient (Wildman–Crippen LogP) is 7.17. The molecule has 0 amide bonds. The van der Waals surface area contributed by atoms with Crippen LogP contribution in [-0.2, 0) is 0 Å². The smallest absolute Gasteiger partial charge is 0.0233 e. The van der Waals surface area contributed by atoms with Gasteiger partial charge in [0.05, 0.1) is 0 Å². The minimum atomic E-state index is 0.829. The van der Waals surface area contributed by atoms with Gasteiger partial charge in [-0.1, -0.05) is 18.2 Å². The fourth-order valence-electron chi connectivity index (χ4n) is 6.02. The molecule has 0 N–H and O–H groups in total. The van der Waals surface area contributed by atoms with Crippen molar-refractivity contribution in [2.45, 2.75) is 84.0 Å². The lowest BCUT2D eigenvalue weighted by Crippen LogP contribution is -2.29. The largest absolute Gasteiger partial charge is 0.103 e. The maximum absolute atomic E-state index is 4.00. The SMILES string of the molecule is C=CC1CCC(C2CCC(C3CCC(/C=C/C)CC3)CC2)CC1. The van der Waals surface area contributed by atoms with Crippen molar-refractivity contribution in [3.63, 3.8) is 0 Å². The van der Waals surface area contributed by atoms with E-state index in [0.717, 1.165) is 35.5 Å². The number of hydrogen-bond donors (Lipinski definition) is 0. The minimum absolute atomic E-state index is 0.829. The van der Waals surface area contributed by atoms with Gasteiger partial charge in [0.1, 0.15) is 0 Å². The molecule has 130 valence electrons. The molecule has 3 aliphatic carbocycles. The highest BCUT2D eigenvalue weighted by Gasteiger charge is 2.34. The second-order valence-corrected chi connectivity index (χ2v) is 8.79. The molecule has 3 saturated carbocycles. The molecule has 0 heterocycles. The summed E-state index contributed by atoms with van der Waals surface area (Å²) in [6, 6.07) is 0. The average molecular weight is 315 g/mol. The van der Waals surface area contributed by atoms with Crippen LogP contribution in [0.15, 0.2) is 24.8 Å². The Morgan fingerprint density at radius 3 is 1.26 bits per heavy atom. The summed E-state index contributed by atoms with van der Waals surface area (Å²) in [6.45, 7) is 6.17. The van der Waals surface area contributed by atoms with Crippen molar-refractivity contribution in [2.24, 2.45) is 35.5 Å². The zero-order chi connectivity index (χ0) is 16.1. The lowest BCUT2D eigenvalue weighted by Gasteiger charge is -2.41. The van der Waals surface area contributed by atoms with Gasteiger partial charge in [0.15, 0.2) is 0 Å². The van der Waals surface area contributed by atoms with Crippen LogP contribution in [0.25, 0.3) is 0 Å². The second kappa shape index (κ2) is 8.54. The first-order chi connectivity index (χ1) is 11.3. The number of allylic oxidation sites excluding steroid dienone is 3. The van der Waals surface area contributed by atoms with E-state index in [9.17, 15) is 0 Å². The molecule has 23 heavy (non-hydrogen) atoms. The molecule has 0 radical (unpaired) electrons. The van der Waals surface area contributed by atoms with Gasteiger partial charge in [-0.25, -0.2) is 0 Å². The van der Waals surface area contributed by atoms with Crippen LogP contribution in [0.2, 0.25) is 0 Å². The van der Waals surface area contributed by atoms with Gasteiger partial charge in [0.2, 0.25) is 0 Å². The van der Waals surface area contributed by atoms with Gasteiger partial charge >= 0.3 is 0 Å². The molecule has 0 atom stereocenters. The lowest BCUT2D eigenvalue weighted by atomic mass is 9.65. The van der Waals surface area contributed by atoms with Gasteiger partial charge in [-0.2, -0.15) is 0 Å². The molecule has 0 aromatic carbocycles. The summed E-state index contributed by atoms with van der Waals surface area (Å²) in [6.07, 6.45) is 24.8. The number of hydrogen-bond acceptors (Lipinski definition) is 0. The Bertz CT molecular complexity index is 369. The van der Waals surface area contributed by atoms with Crippen molar-refractivity contribution in [2.75, 3.05) is 0 Å². The molecule has 0 aromatic rings. The maximum Gasteiger partial charge on any atom is -0.0233 e. The lowest BCUT2D eigenvalue weighted by molar-refractivity contribution is 0.112. The van der Waals surface area contributed by atoms with Crippen LogP contribution in [0.3, 0.4) is 0 Å². The predicted molar refractivity (Wildman–Crippen MR) is 101 cm³/mol. The molecular formula is C23H38. The second-order valence-electron chi connectivity index (χ2n) is 8.79. The van der Waals surface area contributed by atoms with Gasteiger partial charge in [-0.15, -0.1) is 6.58 Å². The molecule has 0 heteroatoms. The monoisotopic (exact) mass is 314 g/mol. The van der Waals surface area contributed by atoms with Crippen molar-refractivity contribution >= 4 is 0 Å². The molecule has 0 unspecified atom stereocenters. The van der Waals surface area contributed by atoms with Crippen LogP contribution in [-0.4, -0.2) is 0 Å². The van der Waals surface area contributed by atoms with Crippen molar-refractivity contribution in [1.29, 1.82) is 0 Å². The van der Waals surface area contributed by atoms with Crippen LogP contribution in [0.1, 0.15) is 84.0 Å². The zero-order valence-corrected chi connectivity index (χ0v) is 15.4. The topological polar surface area (TPSA) is 0 Å². The molecule has 3 aliphatic rings. The van der Waals surface area contributed by atoms with Gasteiger partial charge in [-0.3, -0.25) is 0 Å². The summed E-state index contributed by atoms with van der Waals surface area (Å²) < 4.78 is 0. The maximum atomic E-state index is 4.00. The van der Waals surface area contributed by atoms with Crippen LogP contribution in [0.4, 0.5) is 0 Å². The highest BCUT2D eigenvalue weighted by molar-refractivity contribution is 4.92. The normalized spacial score (nSPS) is 42.7. The summed E-state index contributed by atoms with van der Waals surface area (Å²) >= 11 is 0. The first-order valence-electron chi connectivity index (χ1n) is 10.6. The fraction of sp³-hybridized carbons (Fsp3) is 0.826. The van der Waals surface area contributed by atoms with Crippen molar-refractivity contribution < 1.29 is 0 Å². The Morgan fingerprint density at radius 1 is 0.565 bits per heavy atom. The van der Waals surface area contributed by atoms with E-state index in [0.29, 0.717) is 0 Å². The fourth-order valence-corrected chi connectivity index (χ4v) is 6.02. The standard InChI is InChI=1S/C23H38/c1-3-5-19-8-12-21(13-9-19)23-16-14-22(15-17-23)20-10-6-18(4-2)7-11-20/h3-5,18-23H,2,6-17H2,1H3/b5-3+. The molecule has 0 aromatic heterocycles. The van der Waals surface area contributed by atoms with Crippen LogP contribution in [0, 0.1) is 35.5 Å². The van der Waals surface area contributed by atoms with Gasteiger partial charge in [0, 0.05) is 0 Å². The zero-order valence-electron chi connectivity index (χ0n) is 15.4. The summed E-state index contributed by atoms with van der Waals surface area (Å²) in [5, 5.41) is 0. The molecule has 3 rings (SSSR count). The van der Waals surface area contributed by atoms with E-state index in [2.05, 4.69) is 31.7 Å². The number of rotatable bonds is 4. The van der Waals surface area contributed by atoms with Crippen molar-refractivity contribution in [3.8, 4) is 0 Å². The third-order valence-electron chi connectivity index (χ3n) is 7.58. The quantitative estimate of drug-likeness (QED) is 0.482. The van der Waals surface area contributed by atoms with E-state index in [4.69, 9.17) is 0 Å². The Morgan fingerprint density at radius 2 is 0.913 bits per heavy atom. The summed E-state index contributed by atoms with van der Waals surface area (Å²) in [5.74, 6) is 5.98. The van der Waals surface area contributed by atoms with Gasteiger partial charge in [-0.05, 0) is 119 Å². The van der Waals surface area contributed by atoms with E-state index in [1.807, 2.05) is 0 Å². The molecule has 0 aliphatic heterocycles. The summed E-state index contributed by atoms with van der Waals surface area (Å²) in [4.78, 5) is 0. The molecule has 0 nitrogen and oxygen atoms in total. The molecule has 0 spiro atoms. The Kier molecular flexibility index (Phi) is 6.43. The van der Waals surface area contributed by atoms with Gasteiger partial charge < -0.3 is 0 Å². The van der Waals surface area contributed by atoms with E-state index < -0.39 is 0 Å². The third-order valence-corrected chi connectivity index (χ3v) is 7.58. The van der Waals surface area contributed by atoms with Crippen LogP contribution >= 0.6 is 0 Å². The average Bonchev–Trinajstić information content (AvgIpc) is 2.63. The Balaban J connectivity index is 1.40. The first kappa shape index (κ1) is 17.3. The molecular weight excluding hydrogens is 276 g/mol. The van der Waals surface area contributed by atoms with E-state index in [1.165, 1.54) is 51.4 Å². The van der Waals surface area contributed by atoms with Crippen molar-refractivity contribution in [3.05, 3.63) is 24.8 Å². The van der Waals surface area contributed by atoms with Crippen LogP contribution in [0.5, 0.6) is 0 Å². The molecule has 0 bridgehead atoms. The Labute approximate surface area is 144 Å². The van der Waals surface area contributed by atoms with Gasteiger partial charge in [0.25, 0.3) is 0 Å². The summed E-state index contributed by atoms with van der Waals surface area (Å²) in [7, 11) is 0. The third kappa shape index (κ3) is 4.52. The highest BCUT2D eigenvalue weighted by atomic mass is 14.4. The minimum Gasteiger partial charge on any atom is -0.103 e. The highest BCUT2D eigenvalue weighted by Crippen LogP contribution is 2.46. The summed E-state index contributed by atoms with van der Waals surface area (Å²) in [5.41, 5.74) is 0. The Hall–Kier alpha value is -0.520. The van der Waals surface area contributed by atoms with Crippen molar-refractivity contribution in [1.82, 2.24) is 0 Å². The first-order valence-corrected chi connectivity index (χ1v) is 10.6.